The Labute approximate surface area is 86.2 Å². The Morgan fingerprint density at radius 2 is 1.71 bits per heavy atom. The smallest absolute Gasteiger partial charge is 0.0942 e. The average Bonchev–Trinajstić information content (AvgIpc) is 2.93. The minimum atomic E-state index is -0.193. The molecular formula is C12H22FN. The number of hydrogen-bond acceptors (Lipinski definition) is 1. The lowest BCUT2D eigenvalue weighted by Gasteiger charge is -2.29. The summed E-state index contributed by atoms with van der Waals surface area (Å²) in [5, 5.41) is 0. The summed E-state index contributed by atoms with van der Waals surface area (Å²) in [5.74, 6) is 0.746. The minimum absolute atomic E-state index is 0.107. The highest BCUT2D eigenvalue weighted by Gasteiger charge is 2.48. The molecule has 2 aliphatic rings. The summed E-state index contributed by atoms with van der Waals surface area (Å²) in [4.78, 5) is 0. The van der Waals surface area contributed by atoms with Crippen LogP contribution in [0.15, 0.2) is 0 Å². The minimum Gasteiger partial charge on any atom is -0.325 e. The third kappa shape index (κ3) is 2.10. The largest absolute Gasteiger partial charge is 0.325 e. The highest BCUT2D eigenvalue weighted by atomic mass is 19.1. The normalized spacial score (nSPS) is 29.6. The van der Waals surface area contributed by atoms with Crippen molar-refractivity contribution in [2.45, 2.75) is 56.9 Å². The van der Waals surface area contributed by atoms with Gasteiger partial charge in [0.1, 0.15) is 0 Å². The molecule has 0 heterocycles. The highest BCUT2D eigenvalue weighted by Crippen LogP contribution is 2.46. The van der Waals surface area contributed by atoms with Crippen molar-refractivity contribution in [1.29, 1.82) is 0 Å². The van der Waals surface area contributed by atoms with E-state index in [2.05, 4.69) is 0 Å². The summed E-state index contributed by atoms with van der Waals surface area (Å²) in [6.07, 6.45) is 9.80. The van der Waals surface area contributed by atoms with Gasteiger partial charge in [-0.15, -0.1) is 0 Å². The summed E-state index contributed by atoms with van der Waals surface area (Å²) < 4.78 is 13.0. The van der Waals surface area contributed by atoms with Gasteiger partial charge in [0.25, 0.3) is 0 Å². The Morgan fingerprint density at radius 3 is 2.14 bits per heavy atom. The Balaban J connectivity index is 1.95. The Kier molecular flexibility index (Phi) is 3.10. The van der Waals surface area contributed by atoms with Gasteiger partial charge in [-0.2, -0.15) is 0 Å². The number of nitrogens with two attached hydrogens (primary N) is 1. The summed E-state index contributed by atoms with van der Waals surface area (Å²) in [7, 11) is 0. The van der Waals surface area contributed by atoms with Gasteiger partial charge >= 0.3 is 0 Å². The van der Waals surface area contributed by atoms with Crippen LogP contribution in [0.25, 0.3) is 0 Å². The van der Waals surface area contributed by atoms with Crippen molar-refractivity contribution in [3.8, 4) is 0 Å². The second kappa shape index (κ2) is 4.18. The first-order chi connectivity index (χ1) is 6.76. The standard InChI is InChI=1S/C12H22FN/c13-9-11(12(14)7-8-12)10-5-3-1-2-4-6-10/h10-11H,1-9,14H2. The van der Waals surface area contributed by atoms with E-state index in [0.717, 1.165) is 12.8 Å². The molecule has 0 radical (unpaired) electrons. The van der Waals surface area contributed by atoms with Crippen molar-refractivity contribution in [3.05, 3.63) is 0 Å². The van der Waals surface area contributed by atoms with Gasteiger partial charge in [0.15, 0.2) is 0 Å². The molecule has 0 aromatic rings. The molecule has 2 saturated carbocycles. The van der Waals surface area contributed by atoms with Crippen molar-refractivity contribution in [2.75, 3.05) is 6.67 Å². The maximum Gasteiger partial charge on any atom is 0.0942 e. The molecule has 2 heteroatoms. The molecule has 14 heavy (non-hydrogen) atoms. The van der Waals surface area contributed by atoms with Crippen LogP contribution in [-0.4, -0.2) is 12.2 Å². The van der Waals surface area contributed by atoms with E-state index in [-0.39, 0.29) is 18.1 Å². The number of alkyl halides is 1. The van der Waals surface area contributed by atoms with E-state index in [1.54, 1.807) is 0 Å². The van der Waals surface area contributed by atoms with Gasteiger partial charge in [-0.25, -0.2) is 0 Å². The fourth-order valence-corrected chi connectivity index (χ4v) is 2.98. The molecule has 1 unspecified atom stereocenters. The van der Waals surface area contributed by atoms with Crippen LogP contribution >= 0.6 is 0 Å². The van der Waals surface area contributed by atoms with Crippen molar-refractivity contribution >= 4 is 0 Å². The van der Waals surface area contributed by atoms with Crippen LogP contribution in [0.2, 0.25) is 0 Å². The van der Waals surface area contributed by atoms with Crippen molar-refractivity contribution in [2.24, 2.45) is 17.6 Å². The Bertz CT molecular complexity index is 181. The number of rotatable bonds is 3. The second-order valence-electron chi connectivity index (χ2n) is 5.25. The van der Waals surface area contributed by atoms with Crippen molar-refractivity contribution < 1.29 is 4.39 Å². The van der Waals surface area contributed by atoms with E-state index < -0.39 is 0 Å². The molecule has 2 aliphatic carbocycles. The molecular weight excluding hydrogens is 177 g/mol. The van der Waals surface area contributed by atoms with Gasteiger partial charge in [-0.3, -0.25) is 4.39 Å². The lowest BCUT2D eigenvalue weighted by molar-refractivity contribution is 0.192. The van der Waals surface area contributed by atoms with Gasteiger partial charge in [-0.1, -0.05) is 38.5 Å². The summed E-state index contributed by atoms with van der Waals surface area (Å²) in [5.41, 5.74) is 6.04. The second-order valence-corrected chi connectivity index (χ2v) is 5.25. The first-order valence-corrected chi connectivity index (χ1v) is 6.11. The van der Waals surface area contributed by atoms with E-state index in [9.17, 15) is 4.39 Å². The third-order valence-corrected chi connectivity index (χ3v) is 4.20. The van der Waals surface area contributed by atoms with Crippen LogP contribution in [0, 0.1) is 11.8 Å². The van der Waals surface area contributed by atoms with Crippen molar-refractivity contribution in [3.63, 3.8) is 0 Å². The zero-order valence-electron chi connectivity index (χ0n) is 8.97. The van der Waals surface area contributed by atoms with E-state index in [0.29, 0.717) is 5.92 Å². The predicted octanol–water partition coefficient (Wildman–Crippen LogP) is 3.03. The summed E-state index contributed by atoms with van der Waals surface area (Å²) in [6.45, 7) is -0.193. The molecule has 0 aliphatic heterocycles. The van der Waals surface area contributed by atoms with Crippen LogP contribution in [0.4, 0.5) is 4.39 Å². The molecule has 0 saturated heterocycles. The first-order valence-electron chi connectivity index (χ1n) is 6.11. The van der Waals surface area contributed by atoms with Gasteiger partial charge in [-0.05, 0) is 18.8 Å². The van der Waals surface area contributed by atoms with Crippen LogP contribution in [0.3, 0.4) is 0 Å². The Hall–Kier alpha value is -0.110. The molecule has 2 fully saturated rings. The van der Waals surface area contributed by atoms with E-state index in [4.69, 9.17) is 5.73 Å². The molecule has 82 valence electrons. The van der Waals surface area contributed by atoms with Crippen molar-refractivity contribution in [1.82, 2.24) is 0 Å². The fraction of sp³-hybridized carbons (Fsp3) is 1.00. The lowest BCUT2D eigenvalue weighted by atomic mass is 9.81. The highest BCUT2D eigenvalue weighted by molar-refractivity contribution is 5.05. The lowest BCUT2D eigenvalue weighted by Crippen LogP contribution is -2.38. The zero-order chi connectivity index (χ0) is 10.0. The van der Waals surface area contributed by atoms with Gasteiger partial charge in [0.05, 0.1) is 6.67 Å². The van der Waals surface area contributed by atoms with E-state index >= 15 is 0 Å². The molecule has 0 spiro atoms. The summed E-state index contributed by atoms with van der Waals surface area (Å²) >= 11 is 0. The topological polar surface area (TPSA) is 26.0 Å². The van der Waals surface area contributed by atoms with Crippen LogP contribution in [-0.2, 0) is 0 Å². The third-order valence-electron chi connectivity index (χ3n) is 4.20. The maximum atomic E-state index is 13.0. The maximum absolute atomic E-state index is 13.0. The number of hydrogen-bond donors (Lipinski definition) is 1. The van der Waals surface area contributed by atoms with Gasteiger partial charge in [0.2, 0.25) is 0 Å². The first kappa shape index (κ1) is 10.4. The molecule has 2 rings (SSSR count). The fourth-order valence-electron chi connectivity index (χ4n) is 2.98. The molecule has 1 nitrogen and oxygen atoms in total. The number of halogens is 1. The zero-order valence-corrected chi connectivity index (χ0v) is 8.97. The molecule has 0 bridgehead atoms. The average molecular weight is 199 g/mol. The SMILES string of the molecule is NC1(C(CF)C2CCCCCC2)CC1. The quantitative estimate of drug-likeness (QED) is 0.695. The monoisotopic (exact) mass is 199 g/mol. The molecule has 1 atom stereocenters. The van der Waals surface area contributed by atoms with Gasteiger partial charge < -0.3 is 5.73 Å². The predicted molar refractivity (Wildman–Crippen MR) is 56.8 cm³/mol. The Morgan fingerprint density at radius 1 is 1.14 bits per heavy atom. The molecule has 0 amide bonds. The van der Waals surface area contributed by atoms with Crippen LogP contribution < -0.4 is 5.73 Å². The van der Waals surface area contributed by atoms with Gasteiger partial charge in [0, 0.05) is 11.5 Å². The van der Waals surface area contributed by atoms with E-state index in [1.165, 1.54) is 38.5 Å². The van der Waals surface area contributed by atoms with Crippen LogP contribution in [0.5, 0.6) is 0 Å². The van der Waals surface area contributed by atoms with E-state index in [1.807, 2.05) is 0 Å². The molecule has 0 aromatic heterocycles. The van der Waals surface area contributed by atoms with Crippen LogP contribution in [0.1, 0.15) is 51.4 Å². The molecule has 2 N–H and O–H groups in total. The molecule has 0 aromatic carbocycles. The summed E-state index contributed by atoms with van der Waals surface area (Å²) in [6, 6.07) is 0.